The van der Waals surface area contributed by atoms with Crippen molar-refractivity contribution in [2.45, 2.75) is 51.1 Å². The van der Waals surface area contributed by atoms with Gasteiger partial charge in [0.2, 0.25) is 0 Å². The Balaban J connectivity index is 2.37. The van der Waals surface area contributed by atoms with Gasteiger partial charge in [0.15, 0.2) is 0 Å². The first kappa shape index (κ1) is 27.2. The first-order chi connectivity index (χ1) is 15.6. The van der Waals surface area contributed by atoms with Gasteiger partial charge in [-0.25, -0.2) is 19.2 Å². The van der Waals surface area contributed by atoms with Crippen molar-refractivity contribution in [3.05, 3.63) is 36.1 Å². The van der Waals surface area contributed by atoms with Crippen molar-refractivity contribution in [3.8, 4) is 0 Å². The zero-order valence-electron chi connectivity index (χ0n) is 18.2. The predicted molar refractivity (Wildman–Crippen MR) is 117 cm³/mol. The number of carboxylic acid groups (broad SMARTS) is 3. The number of rotatable bonds is 13. The Hall–Kier alpha value is -3.83. The lowest BCUT2D eigenvalue weighted by molar-refractivity contribution is -0.140. The normalized spacial score (nSPS) is 16.5. The van der Waals surface area contributed by atoms with Crippen molar-refractivity contribution in [2.24, 2.45) is 5.92 Å². The molecule has 12 heteroatoms. The summed E-state index contributed by atoms with van der Waals surface area (Å²) >= 11 is 0. The first-order valence-electron chi connectivity index (χ1n) is 10.4. The number of allylic oxidation sites excluding steroid dienone is 5. The number of unbranched alkanes of at least 4 members (excludes halogenated alkanes) is 1. The van der Waals surface area contributed by atoms with Crippen LogP contribution in [0.1, 0.15) is 39.0 Å². The van der Waals surface area contributed by atoms with E-state index in [1.165, 1.54) is 0 Å². The molecule has 4 amide bonds. The van der Waals surface area contributed by atoms with Crippen LogP contribution in [0.3, 0.4) is 0 Å². The van der Waals surface area contributed by atoms with Crippen molar-refractivity contribution in [3.63, 3.8) is 0 Å². The predicted octanol–water partition coefficient (Wildman–Crippen LogP) is 1.17. The molecule has 3 atom stereocenters. The van der Waals surface area contributed by atoms with Crippen LogP contribution in [0.2, 0.25) is 0 Å². The van der Waals surface area contributed by atoms with Crippen LogP contribution in [0.25, 0.3) is 0 Å². The van der Waals surface area contributed by atoms with E-state index >= 15 is 0 Å². The van der Waals surface area contributed by atoms with E-state index in [2.05, 4.69) is 21.3 Å². The van der Waals surface area contributed by atoms with E-state index in [4.69, 9.17) is 10.2 Å². The van der Waals surface area contributed by atoms with Crippen LogP contribution >= 0.6 is 0 Å². The van der Waals surface area contributed by atoms with Crippen LogP contribution in [0.5, 0.6) is 0 Å². The summed E-state index contributed by atoms with van der Waals surface area (Å²) in [7, 11) is 0. The van der Waals surface area contributed by atoms with Crippen LogP contribution in [0, 0.1) is 5.92 Å². The highest BCUT2D eigenvalue weighted by Gasteiger charge is 2.24. The summed E-state index contributed by atoms with van der Waals surface area (Å²) in [4.78, 5) is 57.0. The molecule has 1 aliphatic rings. The highest BCUT2D eigenvalue weighted by Crippen LogP contribution is 2.07. The molecule has 0 spiro atoms. The molecular formula is C21H30N4O8. The van der Waals surface area contributed by atoms with Crippen LogP contribution in [0.4, 0.5) is 9.59 Å². The van der Waals surface area contributed by atoms with Crippen molar-refractivity contribution >= 4 is 30.0 Å². The molecule has 1 aliphatic carbocycles. The molecule has 0 fully saturated rings. The molecule has 0 bridgehead atoms. The lowest BCUT2D eigenvalue weighted by Crippen LogP contribution is -2.51. The maximum Gasteiger partial charge on any atom is 0.326 e. The van der Waals surface area contributed by atoms with Crippen LogP contribution in [-0.4, -0.2) is 63.9 Å². The maximum absolute atomic E-state index is 12.0. The summed E-state index contributed by atoms with van der Waals surface area (Å²) in [6.07, 6.45) is 9.39. The van der Waals surface area contributed by atoms with Crippen molar-refractivity contribution in [1.29, 1.82) is 0 Å². The van der Waals surface area contributed by atoms with Gasteiger partial charge in [0.25, 0.3) is 0 Å². The number of hydrogen-bond donors (Lipinski definition) is 7. The minimum absolute atomic E-state index is 0.0511. The molecule has 1 rings (SSSR count). The largest absolute Gasteiger partial charge is 0.481 e. The fraction of sp³-hybridized carbons (Fsp3) is 0.476. The van der Waals surface area contributed by atoms with Crippen molar-refractivity contribution in [1.82, 2.24) is 21.3 Å². The van der Waals surface area contributed by atoms with E-state index in [0.29, 0.717) is 18.5 Å². The third kappa shape index (κ3) is 12.0. The van der Waals surface area contributed by atoms with E-state index in [9.17, 15) is 29.1 Å². The Bertz CT molecular complexity index is 821. The molecule has 7 N–H and O–H groups in total. The third-order valence-corrected chi connectivity index (χ3v) is 4.59. The smallest absolute Gasteiger partial charge is 0.326 e. The second-order valence-electron chi connectivity index (χ2n) is 7.43. The molecular weight excluding hydrogens is 436 g/mol. The Morgan fingerprint density at radius 3 is 2.15 bits per heavy atom. The van der Waals surface area contributed by atoms with Crippen LogP contribution in [0.15, 0.2) is 36.1 Å². The zero-order chi connectivity index (χ0) is 24.8. The van der Waals surface area contributed by atoms with Crippen molar-refractivity contribution < 1.29 is 39.3 Å². The Morgan fingerprint density at radius 1 is 0.909 bits per heavy atom. The van der Waals surface area contributed by atoms with Gasteiger partial charge in [-0.1, -0.05) is 25.2 Å². The SMILES string of the molecule is CC1C=CC=C(NC(=O)NCCCCC(NC(=O)NC(CCC(=O)O)C(=O)O)C(=O)O)C=C1. The number of carbonyl (C=O) groups is 5. The maximum atomic E-state index is 12.0. The number of urea groups is 2. The van der Waals surface area contributed by atoms with Gasteiger partial charge in [-0.2, -0.15) is 0 Å². The van der Waals surface area contributed by atoms with Gasteiger partial charge in [0.1, 0.15) is 12.1 Å². The van der Waals surface area contributed by atoms with Gasteiger partial charge in [0, 0.05) is 18.7 Å². The second-order valence-corrected chi connectivity index (χ2v) is 7.43. The summed E-state index contributed by atoms with van der Waals surface area (Å²) < 4.78 is 0. The highest BCUT2D eigenvalue weighted by atomic mass is 16.4. The third-order valence-electron chi connectivity index (χ3n) is 4.59. The van der Waals surface area contributed by atoms with E-state index in [-0.39, 0.29) is 25.3 Å². The van der Waals surface area contributed by atoms with E-state index in [1.807, 2.05) is 25.2 Å². The molecule has 12 nitrogen and oxygen atoms in total. The molecule has 0 saturated carbocycles. The molecule has 0 aliphatic heterocycles. The standard InChI is InChI=1S/C21H30N4O8/c1-13-5-4-6-14(9-8-13)23-20(32)22-12-3-2-7-15(18(28)29)24-21(33)25-16(19(30)31)10-11-17(26)27/h4-6,8-9,13,15-16H,2-3,7,10-12H2,1H3,(H,26,27)(H,28,29)(H,30,31)(H2,22,23,32)(H2,24,25,33). The molecule has 0 heterocycles. The zero-order valence-corrected chi connectivity index (χ0v) is 18.2. The highest BCUT2D eigenvalue weighted by molar-refractivity contribution is 5.86. The minimum atomic E-state index is -1.46. The van der Waals surface area contributed by atoms with Crippen LogP contribution < -0.4 is 21.3 Å². The average Bonchev–Trinajstić information content (AvgIpc) is 2.93. The summed E-state index contributed by atoms with van der Waals surface area (Å²) in [6, 6.07) is -4.16. The number of hydrogen-bond acceptors (Lipinski definition) is 5. The quantitative estimate of drug-likeness (QED) is 0.196. The molecule has 0 aromatic carbocycles. The fourth-order valence-electron chi connectivity index (χ4n) is 2.78. The molecule has 0 aromatic rings. The summed E-state index contributed by atoms with van der Waals surface area (Å²) in [5.74, 6) is -3.69. The minimum Gasteiger partial charge on any atom is -0.481 e. The first-order valence-corrected chi connectivity index (χ1v) is 10.4. The topological polar surface area (TPSA) is 194 Å². The molecule has 182 valence electrons. The number of carbonyl (C=O) groups excluding carboxylic acids is 2. The van der Waals surface area contributed by atoms with Gasteiger partial charge >= 0.3 is 30.0 Å². The molecule has 0 saturated heterocycles. The number of nitrogens with one attached hydrogen (secondary N) is 4. The molecule has 3 unspecified atom stereocenters. The fourth-order valence-corrected chi connectivity index (χ4v) is 2.78. The van der Waals surface area contributed by atoms with Gasteiger partial charge < -0.3 is 36.6 Å². The van der Waals surface area contributed by atoms with E-state index < -0.39 is 48.5 Å². The summed E-state index contributed by atoms with van der Waals surface area (Å²) in [5, 5.41) is 36.6. The molecule has 0 aromatic heterocycles. The van der Waals surface area contributed by atoms with Gasteiger partial charge in [-0.05, 0) is 43.8 Å². The van der Waals surface area contributed by atoms with Crippen molar-refractivity contribution in [2.75, 3.05) is 6.54 Å². The number of amides is 4. The second kappa shape index (κ2) is 14.3. The summed E-state index contributed by atoms with van der Waals surface area (Å²) in [5.41, 5.74) is 0.636. The van der Waals surface area contributed by atoms with Gasteiger partial charge in [0.05, 0.1) is 0 Å². The Kier molecular flexibility index (Phi) is 11.8. The monoisotopic (exact) mass is 466 g/mol. The van der Waals surface area contributed by atoms with Gasteiger partial charge in [-0.3, -0.25) is 4.79 Å². The average molecular weight is 466 g/mol. The lowest BCUT2D eigenvalue weighted by atomic mass is 10.1. The molecule has 0 radical (unpaired) electrons. The van der Waals surface area contributed by atoms with Crippen LogP contribution in [-0.2, 0) is 14.4 Å². The lowest BCUT2D eigenvalue weighted by Gasteiger charge is -2.18. The summed E-state index contributed by atoms with van der Waals surface area (Å²) in [6.45, 7) is 2.29. The number of aliphatic carboxylic acids is 3. The van der Waals surface area contributed by atoms with Gasteiger partial charge in [-0.15, -0.1) is 0 Å². The number of carboxylic acids is 3. The Labute approximate surface area is 190 Å². The molecule has 33 heavy (non-hydrogen) atoms. The van der Waals surface area contributed by atoms with E-state index in [1.54, 1.807) is 12.2 Å². The van der Waals surface area contributed by atoms with E-state index in [0.717, 1.165) is 0 Å². The Morgan fingerprint density at radius 2 is 1.55 bits per heavy atom.